The van der Waals surface area contributed by atoms with Crippen LogP contribution in [0.4, 0.5) is 0 Å². The molecule has 0 fully saturated rings. The van der Waals surface area contributed by atoms with Crippen LogP contribution in [-0.2, 0) is 6.16 Å². The van der Waals surface area contributed by atoms with Gasteiger partial charge in [-0.1, -0.05) is 66.7 Å². The molecule has 0 aliphatic carbocycles. The lowest BCUT2D eigenvalue weighted by Gasteiger charge is -2.27. The first-order valence-electron chi connectivity index (χ1n) is 7.30. The van der Waals surface area contributed by atoms with Crippen molar-refractivity contribution in [3.63, 3.8) is 0 Å². The van der Waals surface area contributed by atoms with Gasteiger partial charge < -0.3 is 4.52 Å². The Morgan fingerprint density at radius 3 is 2.18 bits per heavy atom. The van der Waals surface area contributed by atoms with Crippen LogP contribution in [0, 0.1) is 0 Å². The molecule has 108 valence electrons. The average Bonchev–Trinajstić information content (AvgIpc) is 2.56. The van der Waals surface area contributed by atoms with E-state index in [1.165, 1.54) is 0 Å². The summed E-state index contributed by atoms with van der Waals surface area (Å²) in [4.78, 5) is 11.3. The van der Waals surface area contributed by atoms with Gasteiger partial charge >= 0.3 is 7.72 Å². The molecule has 3 heteroatoms. The van der Waals surface area contributed by atoms with Crippen LogP contribution >= 0.6 is 7.72 Å². The molecule has 1 unspecified atom stereocenters. The third-order valence-corrected chi connectivity index (χ3v) is 6.38. The molecule has 1 heterocycles. The second-order valence-electron chi connectivity index (χ2n) is 5.45. The fourth-order valence-electron chi connectivity index (χ4n) is 2.94. The van der Waals surface area contributed by atoms with Gasteiger partial charge in [0.05, 0.1) is 0 Å². The molecular formula is C19H16O2P+. The van der Waals surface area contributed by atoms with Crippen LogP contribution in [-0.4, -0.2) is 4.89 Å². The van der Waals surface area contributed by atoms with Gasteiger partial charge in [-0.25, -0.2) is 4.89 Å². The summed E-state index contributed by atoms with van der Waals surface area (Å²) in [5, 5.41) is 0.928. The highest BCUT2D eigenvalue weighted by Crippen LogP contribution is 2.62. The SMILES string of the molecule is O[P+]1(Cc2ccccc2)Oc2ccccc2-c2ccccc21. The van der Waals surface area contributed by atoms with Crippen LogP contribution in [0.25, 0.3) is 11.1 Å². The summed E-state index contributed by atoms with van der Waals surface area (Å²) in [5.41, 5.74) is 3.22. The van der Waals surface area contributed by atoms with E-state index in [2.05, 4.69) is 6.07 Å². The van der Waals surface area contributed by atoms with E-state index in [1.54, 1.807) is 0 Å². The van der Waals surface area contributed by atoms with Gasteiger partial charge in [0.2, 0.25) is 0 Å². The van der Waals surface area contributed by atoms with E-state index in [1.807, 2.05) is 72.8 Å². The normalized spacial score (nSPS) is 19.0. The molecule has 0 amide bonds. The van der Waals surface area contributed by atoms with E-state index >= 15 is 0 Å². The average molecular weight is 307 g/mol. The lowest BCUT2D eigenvalue weighted by Crippen LogP contribution is -2.23. The van der Waals surface area contributed by atoms with Crippen molar-refractivity contribution in [3.8, 4) is 16.9 Å². The Kier molecular flexibility index (Phi) is 3.22. The molecule has 0 aromatic heterocycles. The van der Waals surface area contributed by atoms with Gasteiger partial charge in [-0.2, -0.15) is 0 Å². The Labute approximate surface area is 130 Å². The Bertz CT molecular complexity index is 812. The predicted octanol–water partition coefficient (Wildman–Crippen LogP) is 4.41. The summed E-state index contributed by atoms with van der Waals surface area (Å²) in [6.45, 7) is 0. The van der Waals surface area contributed by atoms with Crippen molar-refractivity contribution in [2.24, 2.45) is 0 Å². The molecule has 1 N–H and O–H groups in total. The van der Waals surface area contributed by atoms with Gasteiger partial charge in [0.25, 0.3) is 0 Å². The number of hydrogen-bond acceptors (Lipinski definition) is 2. The third kappa shape index (κ3) is 2.21. The highest BCUT2D eigenvalue weighted by atomic mass is 31.2. The first-order valence-corrected chi connectivity index (χ1v) is 9.14. The maximum atomic E-state index is 11.3. The van der Waals surface area contributed by atoms with E-state index in [-0.39, 0.29) is 0 Å². The molecule has 4 rings (SSSR count). The second-order valence-corrected chi connectivity index (χ2v) is 7.83. The van der Waals surface area contributed by atoms with Crippen LogP contribution in [0.15, 0.2) is 78.9 Å². The first-order chi connectivity index (χ1) is 10.8. The molecule has 3 aromatic rings. The molecule has 0 radical (unpaired) electrons. The zero-order valence-electron chi connectivity index (χ0n) is 12.0. The summed E-state index contributed by atoms with van der Waals surface area (Å²) in [5.74, 6) is 0.771. The number of hydrogen-bond donors (Lipinski definition) is 1. The summed E-state index contributed by atoms with van der Waals surface area (Å²) >= 11 is 0. The number of rotatable bonds is 2. The summed E-state index contributed by atoms with van der Waals surface area (Å²) in [6, 6.07) is 26.0. The quantitative estimate of drug-likeness (QED) is 0.711. The molecule has 2 nitrogen and oxygen atoms in total. The molecule has 0 saturated carbocycles. The van der Waals surface area contributed by atoms with Crippen molar-refractivity contribution < 1.29 is 9.42 Å². The maximum Gasteiger partial charge on any atom is 0.354 e. The van der Waals surface area contributed by atoms with E-state index < -0.39 is 7.72 Å². The molecule has 3 aromatic carbocycles. The molecule has 0 spiro atoms. The number of fused-ring (bicyclic) bond motifs is 3. The fourth-order valence-corrected chi connectivity index (χ4v) is 5.35. The minimum Gasteiger partial charge on any atom is -0.313 e. The van der Waals surface area contributed by atoms with Crippen LogP contribution < -0.4 is 9.83 Å². The Balaban J connectivity index is 1.85. The Morgan fingerprint density at radius 2 is 1.36 bits per heavy atom. The van der Waals surface area contributed by atoms with Gasteiger partial charge in [-0.05, 0) is 17.7 Å². The molecule has 1 atom stereocenters. The van der Waals surface area contributed by atoms with Crippen molar-refractivity contribution in [3.05, 3.63) is 84.4 Å². The fraction of sp³-hybridized carbons (Fsp3) is 0.0526. The molecule has 1 aliphatic rings. The highest BCUT2D eigenvalue weighted by molar-refractivity contribution is 7.73. The molecular weight excluding hydrogens is 291 g/mol. The van der Waals surface area contributed by atoms with Crippen LogP contribution in [0.2, 0.25) is 0 Å². The largest absolute Gasteiger partial charge is 0.354 e. The summed E-state index contributed by atoms with van der Waals surface area (Å²) < 4.78 is 6.12. The van der Waals surface area contributed by atoms with E-state index in [4.69, 9.17) is 4.52 Å². The van der Waals surface area contributed by atoms with Gasteiger partial charge in [0.15, 0.2) is 17.2 Å². The first kappa shape index (κ1) is 13.5. The zero-order chi connectivity index (χ0) is 15.0. The standard InChI is InChI=1S/C19H16O2P/c20-22(14-15-8-2-1-3-9-15)19-13-7-5-11-17(19)16-10-4-6-12-18(16)21-22/h1-13,20H,14H2/q+1. The van der Waals surface area contributed by atoms with Crippen molar-refractivity contribution in [2.75, 3.05) is 0 Å². The third-order valence-electron chi connectivity index (χ3n) is 3.95. The molecule has 22 heavy (non-hydrogen) atoms. The minimum atomic E-state index is -2.71. The van der Waals surface area contributed by atoms with Crippen molar-refractivity contribution in [1.82, 2.24) is 0 Å². The van der Waals surface area contributed by atoms with Gasteiger partial charge in [-0.3, -0.25) is 0 Å². The van der Waals surface area contributed by atoms with Gasteiger partial charge in [-0.15, -0.1) is 0 Å². The van der Waals surface area contributed by atoms with Crippen molar-refractivity contribution >= 4 is 13.0 Å². The van der Waals surface area contributed by atoms with Gasteiger partial charge in [0.1, 0.15) is 0 Å². The van der Waals surface area contributed by atoms with Gasteiger partial charge in [0, 0.05) is 11.1 Å². The van der Waals surface area contributed by atoms with E-state index in [9.17, 15) is 4.89 Å². The predicted molar refractivity (Wildman–Crippen MR) is 91.4 cm³/mol. The smallest absolute Gasteiger partial charge is 0.313 e. The monoisotopic (exact) mass is 307 g/mol. The zero-order valence-corrected chi connectivity index (χ0v) is 12.9. The number of para-hydroxylation sites is 1. The minimum absolute atomic E-state index is 0.527. The van der Waals surface area contributed by atoms with Crippen LogP contribution in [0.5, 0.6) is 5.75 Å². The second kappa shape index (κ2) is 5.24. The Morgan fingerprint density at radius 1 is 0.727 bits per heavy atom. The summed E-state index contributed by atoms with van der Waals surface area (Å²) in [6.07, 6.45) is 0.527. The lowest BCUT2D eigenvalue weighted by molar-refractivity contribution is 0.466. The highest BCUT2D eigenvalue weighted by Gasteiger charge is 2.48. The summed E-state index contributed by atoms with van der Waals surface area (Å²) in [7, 11) is -2.71. The topological polar surface area (TPSA) is 29.5 Å². The van der Waals surface area contributed by atoms with Crippen molar-refractivity contribution in [2.45, 2.75) is 6.16 Å². The molecule has 0 saturated heterocycles. The van der Waals surface area contributed by atoms with Crippen LogP contribution in [0.1, 0.15) is 5.56 Å². The lowest BCUT2D eigenvalue weighted by atomic mass is 10.0. The van der Waals surface area contributed by atoms with E-state index in [0.29, 0.717) is 6.16 Å². The van der Waals surface area contributed by atoms with Crippen LogP contribution in [0.3, 0.4) is 0 Å². The number of benzene rings is 3. The molecule has 0 bridgehead atoms. The maximum absolute atomic E-state index is 11.3. The Hall–Kier alpha value is -2.15. The van der Waals surface area contributed by atoms with Crippen molar-refractivity contribution in [1.29, 1.82) is 0 Å². The van der Waals surface area contributed by atoms with E-state index in [0.717, 1.165) is 27.7 Å². The molecule has 1 aliphatic heterocycles.